The van der Waals surface area contributed by atoms with Crippen LogP contribution in [0.15, 0.2) is 72.8 Å². The van der Waals surface area contributed by atoms with E-state index in [1.807, 2.05) is 30.3 Å². The van der Waals surface area contributed by atoms with Crippen LogP contribution in [0.1, 0.15) is 31.8 Å². The zero-order valence-corrected chi connectivity index (χ0v) is 16.4. The zero-order valence-electron chi connectivity index (χ0n) is 16.4. The molecule has 3 aromatic carbocycles. The van der Waals surface area contributed by atoms with Crippen molar-refractivity contribution in [3.63, 3.8) is 0 Å². The second-order valence-corrected chi connectivity index (χ2v) is 6.75. The van der Waals surface area contributed by atoms with Crippen LogP contribution in [0.4, 0.5) is 11.4 Å². The van der Waals surface area contributed by atoms with Crippen LogP contribution in [0.2, 0.25) is 0 Å². The van der Waals surface area contributed by atoms with Crippen LogP contribution in [-0.2, 0) is 6.42 Å². The van der Waals surface area contributed by atoms with Gasteiger partial charge in [-0.3, -0.25) is 19.7 Å². The first-order chi connectivity index (χ1) is 14.5. The van der Waals surface area contributed by atoms with E-state index >= 15 is 0 Å². The SMILES string of the molecule is Cc1cc(C(=O)Nc2ccccc2C(=O)NCCc2ccccc2)ccc1[N+](=O)[O-]. The van der Waals surface area contributed by atoms with Gasteiger partial charge in [-0.2, -0.15) is 0 Å². The Morgan fingerprint density at radius 2 is 1.63 bits per heavy atom. The summed E-state index contributed by atoms with van der Waals surface area (Å²) in [5.41, 5.74) is 2.45. The molecule has 0 aliphatic rings. The van der Waals surface area contributed by atoms with E-state index in [2.05, 4.69) is 10.6 Å². The number of amides is 2. The Hall–Kier alpha value is -4.00. The average molecular weight is 403 g/mol. The van der Waals surface area contributed by atoms with Crippen molar-refractivity contribution in [2.24, 2.45) is 0 Å². The molecule has 0 aliphatic carbocycles. The van der Waals surface area contributed by atoms with E-state index in [0.717, 1.165) is 5.56 Å². The number of para-hydroxylation sites is 1. The fourth-order valence-electron chi connectivity index (χ4n) is 3.05. The molecular formula is C23H21N3O4. The molecule has 0 bridgehead atoms. The predicted molar refractivity (Wildman–Crippen MR) is 115 cm³/mol. The molecule has 7 heteroatoms. The normalized spacial score (nSPS) is 10.3. The number of hydrogen-bond donors (Lipinski definition) is 2. The van der Waals surface area contributed by atoms with Crippen LogP contribution in [0.5, 0.6) is 0 Å². The highest BCUT2D eigenvalue weighted by Crippen LogP contribution is 2.21. The molecule has 0 saturated carbocycles. The smallest absolute Gasteiger partial charge is 0.272 e. The molecule has 0 radical (unpaired) electrons. The van der Waals surface area contributed by atoms with E-state index in [4.69, 9.17) is 0 Å². The van der Waals surface area contributed by atoms with E-state index in [0.29, 0.717) is 29.8 Å². The van der Waals surface area contributed by atoms with Gasteiger partial charge in [0.25, 0.3) is 17.5 Å². The van der Waals surface area contributed by atoms with Gasteiger partial charge in [0.05, 0.1) is 16.2 Å². The fraction of sp³-hybridized carbons (Fsp3) is 0.130. The average Bonchev–Trinajstić information content (AvgIpc) is 2.74. The Balaban J connectivity index is 1.68. The van der Waals surface area contributed by atoms with Crippen molar-refractivity contribution in [3.05, 3.63) is 105 Å². The van der Waals surface area contributed by atoms with Crippen molar-refractivity contribution >= 4 is 23.2 Å². The highest BCUT2D eigenvalue weighted by molar-refractivity contribution is 6.09. The second-order valence-electron chi connectivity index (χ2n) is 6.75. The molecule has 2 amide bonds. The molecule has 3 rings (SSSR count). The summed E-state index contributed by atoms with van der Waals surface area (Å²) in [5, 5.41) is 16.5. The van der Waals surface area contributed by atoms with Gasteiger partial charge >= 0.3 is 0 Å². The summed E-state index contributed by atoms with van der Waals surface area (Å²) < 4.78 is 0. The van der Waals surface area contributed by atoms with Crippen LogP contribution in [0.25, 0.3) is 0 Å². The summed E-state index contributed by atoms with van der Waals surface area (Å²) in [6.07, 6.45) is 0.698. The number of hydrogen-bond acceptors (Lipinski definition) is 4. The summed E-state index contributed by atoms with van der Waals surface area (Å²) in [5.74, 6) is -0.737. The number of nitro groups is 1. The number of nitrogens with one attached hydrogen (secondary N) is 2. The van der Waals surface area contributed by atoms with Crippen molar-refractivity contribution in [3.8, 4) is 0 Å². The van der Waals surface area contributed by atoms with E-state index < -0.39 is 10.8 Å². The van der Waals surface area contributed by atoms with Crippen LogP contribution >= 0.6 is 0 Å². The highest BCUT2D eigenvalue weighted by Gasteiger charge is 2.16. The number of carbonyl (C=O) groups is 2. The molecule has 152 valence electrons. The first kappa shape index (κ1) is 20.7. The first-order valence-electron chi connectivity index (χ1n) is 9.43. The Morgan fingerprint density at radius 1 is 0.933 bits per heavy atom. The number of benzene rings is 3. The number of rotatable bonds is 7. The number of anilines is 1. The summed E-state index contributed by atoms with van der Waals surface area (Å²) in [6.45, 7) is 2.04. The molecule has 0 unspecified atom stereocenters. The maximum absolute atomic E-state index is 12.6. The number of nitro benzene ring substituents is 1. The van der Waals surface area contributed by atoms with Crippen molar-refractivity contribution in [2.45, 2.75) is 13.3 Å². The third kappa shape index (κ3) is 5.08. The predicted octanol–water partition coefficient (Wildman–Crippen LogP) is 4.13. The molecule has 0 fully saturated rings. The van der Waals surface area contributed by atoms with Gasteiger partial charge in [-0.1, -0.05) is 42.5 Å². The summed E-state index contributed by atoms with van der Waals surface area (Å²) >= 11 is 0. The molecular weight excluding hydrogens is 382 g/mol. The molecule has 30 heavy (non-hydrogen) atoms. The fourth-order valence-corrected chi connectivity index (χ4v) is 3.05. The van der Waals surface area contributed by atoms with Gasteiger partial charge in [0.2, 0.25) is 0 Å². The highest BCUT2D eigenvalue weighted by atomic mass is 16.6. The van der Waals surface area contributed by atoms with Gasteiger partial charge < -0.3 is 10.6 Å². The van der Waals surface area contributed by atoms with Crippen molar-refractivity contribution < 1.29 is 14.5 Å². The zero-order chi connectivity index (χ0) is 21.5. The molecule has 0 aliphatic heterocycles. The molecule has 7 nitrogen and oxygen atoms in total. The van der Waals surface area contributed by atoms with E-state index in [9.17, 15) is 19.7 Å². The Morgan fingerprint density at radius 3 is 2.33 bits per heavy atom. The Labute approximate surface area is 173 Å². The van der Waals surface area contributed by atoms with Crippen LogP contribution in [-0.4, -0.2) is 23.3 Å². The van der Waals surface area contributed by atoms with Crippen LogP contribution in [0.3, 0.4) is 0 Å². The topological polar surface area (TPSA) is 101 Å². The Bertz CT molecular complexity index is 1080. The lowest BCUT2D eigenvalue weighted by Crippen LogP contribution is -2.27. The van der Waals surface area contributed by atoms with Gasteiger partial charge in [0.1, 0.15) is 0 Å². The molecule has 0 heterocycles. The number of aryl methyl sites for hydroxylation is 1. The first-order valence-corrected chi connectivity index (χ1v) is 9.43. The van der Waals surface area contributed by atoms with Crippen LogP contribution < -0.4 is 10.6 Å². The van der Waals surface area contributed by atoms with Crippen LogP contribution in [0, 0.1) is 17.0 Å². The lowest BCUT2D eigenvalue weighted by molar-refractivity contribution is -0.385. The van der Waals surface area contributed by atoms with E-state index in [1.165, 1.54) is 18.2 Å². The molecule has 0 atom stereocenters. The van der Waals surface area contributed by atoms with E-state index in [1.54, 1.807) is 31.2 Å². The second kappa shape index (κ2) is 9.47. The van der Waals surface area contributed by atoms with Gasteiger partial charge in [-0.05, 0) is 43.2 Å². The van der Waals surface area contributed by atoms with Gasteiger partial charge in [-0.15, -0.1) is 0 Å². The largest absolute Gasteiger partial charge is 0.352 e. The third-order valence-electron chi connectivity index (χ3n) is 4.62. The standard InChI is InChI=1S/C23H21N3O4/c1-16-15-18(11-12-21(16)26(29)30)22(27)25-20-10-6-5-9-19(20)23(28)24-14-13-17-7-3-2-4-8-17/h2-12,15H,13-14H2,1H3,(H,24,28)(H,25,27). The number of nitrogens with zero attached hydrogens (tertiary/aromatic N) is 1. The third-order valence-corrected chi connectivity index (χ3v) is 4.62. The lowest BCUT2D eigenvalue weighted by Gasteiger charge is -2.12. The Kier molecular flexibility index (Phi) is 6.54. The maximum Gasteiger partial charge on any atom is 0.272 e. The molecule has 3 aromatic rings. The van der Waals surface area contributed by atoms with Gasteiger partial charge in [0.15, 0.2) is 0 Å². The van der Waals surface area contributed by atoms with Crippen molar-refractivity contribution in [1.82, 2.24) is 5.32 Å². The minimum Gasteiger partial charge on any atom is -0.352 e. The van der Waals surface area contributed by atoms with Crippen molar-refractivity contribution in [2.75, 3.05) is 11.9 Å². The monoisotopic (exact) mass is 403 g/mol. The summed E-state index contributed by atoms with van der Waals surface area (Å²) in [7, 11) is 0. The summed E-state index contributed by atoms with van der Waals surface area (Å²) in [6, 6.07) is 20.7. The quantitative estimate of drug-likeness (QED) is 0.457. The molecule has 0 saturated heterocycles. The minimum atomic E-state index is -0.494. The lowest BCUT2D eigenvalue weighted by atomic mass is 10.1. The van der Waals surface area contributed by atoms with Gasteiger partial charge in [0, 0.05) is 23.7 Å². The molecule has 2 N–H and O–H groups in total. The molecule has 0 aromatic heterocycles. The van der Waals surface area contributed by atoms with Gasteiger partial charge in [-0.25, -0.2) is 0 Å². The summed E-state index contributed by atoms with van der Waals surface area (Å²) in [4.78, 5) is 35.7. The van der Waals surface area contributed by atoms with Crippen molar-refractivity contribution in [1.29, 1.82) is 0 Å². The minimum absolute atomic E-state index is 0.0512. The number of carbonyl (C=O) groups excluding carboxylic acids is 2. The van der Waals surface area contributed by atoms with E-state index in [-0.39, 0.29) is 17.2 Å². The molecule has 0 spiro atoms. The maximum atomic E-state index is 12.6.